The first-order chi connectivity index (χ1) is 13.5. The van der Waals surface area contributed by atoms with E-state index in [1.54, 1.807) is 0 Å². The minimum absolute atomic E-state index is 0.205. The van der Waals surface area contributed by atoms with Crippen LogP contribution < -0.4 is 4.74 Å². The maximum atomic E-state index is 12.0. The van der Waals surface area contributed by atoms with Crippen LogP contribution in [0.3, 0.4) is 0 Å². The molecule has 1 atom stereocenters. The van der Waals surface area contributed by atoms with Crippen LogP contribution in [0, 0.1) is 13.8 Å². The van der Waals surface area contributed by atoms with Gasteiger partial charge in [0.2, 0.25) is 0 Å². The first-order valence-electron chi connectivity index (χ1n) is 10.1. The number of amides is 1. The number of rotatable bonds is 2. The fourth-order valence-corrected chi connectivity index (χ4v) is 4.18. The quantitative estimate of drug-likeness (QED) is 0.771. The van der Waals surface area contributed by atoms with Crippen LogP contribution in [0.4, 0.5) is 4.79 Å². The summed E-state index contributed by atoms with van der Waals surface area (Å²) in [6, 6.07) is 13.1. The van der Waals surface area contributed by atoms with Gasteiger partial charge in [-0.15, -0.1) is 0 Å². The van der Waals surface area contributed by atoms with Crippen molar-refractivity contribution in [2.24, 2.45) is 0 Å². The number of carbonyl (C=O) groups excluding carboxylic acids is 1. The number of piperazine rings is 1. The summed E-state index contributed by atoms with van der Waals surface area (Å²) >= 11 is 0. The molecular weight excluding hydrogens is 352 g/mol. The number of nitrogens with zero attached hydrogens (tertiary/aromatic N) is 2. The number of benzene rings is 2. The molecule has 0 bridgehead atoms. The highest BCUT2D eigenvalue weighted by Gasteiger charge is 2.32. The van der Waals surface area contributed by atoms with E-state index in [0.29, 0.717) is 19.7 Å². The lowest BCUT2D eigenvalue weighted by Crippen LogP contribution is -2.50. The molecule has 1 saturated heterocycles. The van der Waals surface area contributed by atoms with E-state index in [1.165, 1.54) is 22.3 Å². The van der Waals surface area contributed by atoms with Crippen molar-refractivity contribution in [3.63, 3.8) is 0 Å². The molecule has 5 nitrogen and oxygen atoms in total. The predicted octanol–water partition coefficient (Wildman–Crippen LogP) is 4.47. The molecule has 0 aliphatic carbocycles. The smallest absolute Gasteiger partial charge is 0.409 e. The number of fused-ring (bicyclic) bond motifs is 2. The molecule has 2 aromatic rings. The minimum Gasteiger partial charge on any atom is -0.457 e. The van der Waals surface area contributed by atoms with E-state index in [0.717, 1.165) is 31.0 Å². The van der Waals surface area contributed by atoms with Gasteiger partial charge in [0, 0.05) is 37.8 Å². The maximum absolute atomic E-state index is 12.0. The lowest BCUT2D eigenvalue weighted by Gasteiger charge is -2.39. The van der Waals surface area contributed by atoms with Crippen LogP contribution in [0.5, 0.6) is 11.5 Å². The summed E-state index contributed by atoms with van der Waals surface area (Å²) in [5.74, 6) is 1.88. The van der Waals surface area contributed by atoms with Gasteiger partial charge in [0.1, 0.15) is 11.5 Å². The van der Waals surface area contributed by atoms with Gasteiger partial charge in [0.15, 0.2) is 0 Å². The Kier molecular flexibility index (Phi) is 5.27. The highest BCUT2D eigenvalue weighted by atomic mass is 16.6. The van der Waals surface area contributed by atoms with Gasteiger partial charge in [-0.1, -0.05) is 35.4 Å². The van der Waals surface area contributed by atoms with Crippen LogP contribution in [0.1, 0.15) is 35.2 Å². The van der Waals surface area contributed by atoms with E-state index < -0.39 is 0 Å². The zero-order valence-electron chi connectivity index (χ0n) is 16.9. The Hall–Kier alpha value is -2.53. The van der Waals surface area contributed by atoms with Gasteiger partial charge in [0.25, 0.3) is 0 Å². The van der Waals surface area contributed by atoms with Crippen molar-refractivity contribution in [2.75, 3.05) is 32.8 Å². The van der Waals surface area contributed by atoms with Gasteiger partial charge in [-0.2, -0.15) is 0 Å². The van der Waals surface area contributed by atoms with Gasteiger partial charge in [-0.05, 0) is 44.9 Å². The lowest BCUT2D eigenvalue weighted by atomic mass is 9.95. The molecule has 0 radical (unpaired) electrons. The van der Waals surface area contributed by atoms with E-state index in [9.17, 15) is 4.79 Å². The van der Waals surface area contributed by atoms with Crippen LogP contribution in [0.15, 0.2) is 36.4 Å². The number of carbonyl (C=O) groups is 1. The molecule has 2 aliphatic rings. The van der Waals surface area contributed by atoms with E-state index >= 15 is 0 Å². The second-order valence-corrected chi connectivity index (χ2v) is 7.70. The van der Waals surface area contributed by atoms with E-state index in [2.05, 4.69) is 55.1 Å². The standard InChI is InChI=1S/C23H28N2O3/c1-4-27-23(26)25-11-9-24(10-12-25)20-15-18-13-16(2)5-7-21(18)28-22-8-6-17(3)14-19(20)22/h5-8,13-14,20H,4,9-12,15H2,1-3H3. The highest BCUT2D eigenvalue weighted by Crippen LogP contribution is 2.41. The first-order valence-corrected chi connectivity index (χ1v) is 10.1. The molecule has 0 N–H and O–H groups in total. The van der Waals surface area contributed by atoms with E-state index in [1.807, 2.05) is 11.8 Å². The number of aryl methyl sites for hydroxylation is 2. The highest BCUT2D eigenvalue weighted by molar-refractivity contribution is 5.67. The summed E-state index contributed by atoms with van der Waals surface area (Å²) in [5.41, 5.74) is 4.96. The SMILES string of the molecule is CCOC(=O)N1CCN(C2Cc3cc(C)ccc3Oc3ccc(C)cc32)CC1. The zero-order chi connectivity index (χ0) is 19.7. The molecule has 148 valence electrons. The number of hydrogen-bond acceptors (Lipinski definition) is 4. The van der Waals surface area contributed by atoms with Crippen LogP contribution in [-0.2, 0) is 11.2 Å². The van der Waals surface area contributed by atoms with Gasteiger partial charge in [-0.25, -0.2) is 4.79 Å². The molecule has 5 heteroatoms. The summed E-state index contributed by atoms with van der Waals surface area (Å²) in [7, 11) is 0. The fourth-order valence-electron chi connectivity index (χ4n) is 4.18. The Morgan fingerprint density at radius 2 is 1.71 bits per heavy atom. The topological polar surface area (TPSA) is 42.0 Å². The molecule has 2 heterocycles. The molecular formula is C23H28N2O3. The van der Waals surface area contributed by atoms with Crippen LogP contribution >= 0.6 is 0 Å². The first kappa shape index (κ1) is 18.8. The van der Waals surface area contributed by atoms with Crippen molar-refractivity contribution >= 4 is 6.09 Å². The van der Waals surface area contributed by atoms with Crippen molar-refractivity contribution < 1.29 is 14.3 Å². The zero-order valence-corrected chi connectivity index (χ0v) is 16.9. The van der Waals surface area contributed by atoms with Crippen molar-refractivity contribution in [3.8, 4) is 11.5 Å². The second-order valence-electron chi connectivity index (χ2n) is 7.70. The van der Waals surface area contributed by atoms with E-state index in [4.69, 9.17) is 9.47 Å². The molecule has 2 aliphatic heterocycles. The summed E-state index contributed by atoms with van der Waals surface area (Å²) in [4.78, 5) is 16.3. The molecule has 1 fully saturated rings. The Morgan fingerprint density at radius 3 is 2.43 bits per heavy atom. The summed E-state index contributed by atoms with van der Waals surface area (Å²) < 4.78 is 11.5. The molecule has 1 unspecified atom stereocenters. The summed E-state index contributed by atoms with van der Waals surface area (Å²) in [6.07, 6.45) is 0.705. The van der Waals surface area contributed by atoms with Gasteiger partial charge in [0.05, 0.1) is 6.61 Å². The lowest BCUT2D eigenvalue weighted by molar-refractivity contribution is 0.0657. The van der Waals surface area contributed by atoms with Crippen LogP contribution in [-0.4, -0.2) is 48.7 Å². The number of ether oxygens (including phenoxy) is 2. The van der Waals surface area contributed by atoms with Gasteiger partial charge >= 0.3 is 6.09 Å². The Morgan fingerprint density at radius 1 is 1.04 bits per heavy atom. The normalized spacial score (nSPS) is 19.2. The molecule has 0 aromatic heterocycles. The van der Waals surface area contributed by atoms with E-state index in [-0.39, 0.29) is 12.1 Å². The number of hydrogen-bond donors (Lipinski definition) is 0. The molecule has 28 heavy (non-hydrogen) atoms. The predicted molar refractivity (Wildman–Crippen MR) is 109 cm³/mol. The molecule has 0 saturated carbocycles. The van der Waals surface area contributed by atoms with Gasteiger partial charge in [-0.3, -0.25) is 4.90 Å². The van der Waals surface area contributed by atoms with Crippen molar-refractivity contribution in [1.29, 1.82) is 0 Å². The Balaban J connectivity index is 1.62. The molecule has 0 spiro atoms. The summed E-state index contributed by atoms with van der Waals surface area (Å²) in [5, 5.41) is 0. The Bertz CT molecular complexity index is 872. The third kappa shape index (κ3) is 3.72. The minimum atomic E-state index is -0.205. The van der Waals surface area contributed by atoms with Crippen molar-refractivity contribution in [3.05, 3.63) is 58.7 Å². The Labute approximate surface area is 166 Å². The largest absolute Gasteiger partial charge is 0.457 e. The maximum Gasteiger partial charge on any atom is 0.409 e. The molecule has 4 rings (SSSR count). The van der Waals surface area contributed by atoms with Crippen molar-refractivity contribution in [1.82, 2.24) is 9.80 Å². The second kappa shape index (κ2) is 7.84. The third-order valence-electron chi connectivity index (χ3n) is 5.65. The average Bonchev–Trinajstić information content (AvgIpc) is 2.84. The molecule has 1 amide bonds. The van der Waals surface area contributed by atoms with Gasteiger partial charge < -0.3 is 14.4 Å². The molecule has 2 aromatic carbocycles. The van der Waals surface area contributed by atoms with Crippen LogP contribution in [0.2, 0.25) is 0 Å². The monoisotopic (exact) mass is 380 g/mol. The fraction of sp³-hybridized carbons (Fsp3) is 0.435. The third-order valence-corrected chi connectivity index (χ3v) is 5.65. The van der Waals surface area contributed by atoms with Crippen molar-refractivity contribution in [2.45, 2.75) is 33.2 Å². The summed E-state index contributed by atoms with van der Waals surface area (Å²) in [6.45, 7) is 9.56. The van der Waals surface area contributed by atoms with Crippen LogP contribution in [0.25, 0.3) is 0 Å². The average molecular weight is 380 g/mol.